The maximum Gasteiger partial charge on any atom is 0.276 e. The number of carbonyl (C=O) groups is 2. The molecule has 2 N–H and O–H groups in total. The van der Waals surface area contributed by atoms with Crippen LogP contribution in [0.1, 0.15) is 16.7 Å². The van der Waals surface area contributed by atoms with Crippen LogP contribution in [0.3, 0.4) is 0 Å². The van der Waals surface area contributed by atoms with Gasteiger partial charge >= 0.3 is 0 Å². The molecule has 0 aromatic heterocycles. The van der Waals surface area contributed by atoms with E-state index in [1.165, 1.54) is 0 Å². The van der Waals surface area contributed by atoms with Crippen LogP contribution in [0.4, 0.5) is 0 Å². The summed E-state index contributed by atoms with van der Waals surface area (Å²) in [5, 5.41) is 0. The number of aryl methyl sites for hydroxylation is 1. The maximum absolute atomic E-state index is 11.9. The van der Waals surface area contributed by atoms with Crippen LogP contribution in [0.5, 0.6) is 11.5 Å². The summed E-state index contributed by atoms with van der Waals surface area (Å²) >= 11 is 0. The number of amides is 2. The average Bonchev–Trinajstić information content (AvgIpc) is 3.06. The molecule has 1 aliphatic rings. The zero-order valence-corrected chi connectivity index (χ0v) is 14.0. The molecule has 0 bridgehead atoms. The Morgan fingerprint density at radius 3 is 2.80 bits per heavy atom. The van der Waals surface area contributed by atoms with Crippen LogP contribution in [0.2, 0.25) is 0 Å². The molecule has 1 heterocycles. The summed E-state index contributed by atoms with van der Waals surface area (Å²) in [4.78, 5) is 23.7. The molecule has 0 atom stereocenters. The highest BCUT2D eigenvalue weighted by Gasteiger charge is 2.13. The average molecular weight is 340 g/mol. The lowest BCUT2D eigenvalue weighted by Crippen LogP contribution is -2.44. The summed E-state index contributed by atoms with van der Waals surface area (Å²) in [6.07, 6.45) is 1.05. The van der Waals surface area contributed by atoms with Gasteiger partial charge in [0.25, 0.3) is 5.91 Å². The van der Waals surface area contributed by atoms with Crippen molar-refractivity contribution in [1.82, 2.24) is 10.9 Å². The number of benzene rings is 2. The van der Waals surface area contributed by atoms with E-state index in [1.807, 2.05) is 43.3 Å². The molecule has 2 amide bonds. The molecule has 0 saturated heterocycles. The molecular formula is C19H20N2O4. The second-order valence-corrected chi connectivity index (χ2v) is 5.92. The first-order chi connectivity index (χ1) is 12.1. The molecule has 130 valence electrons. The highest BCUT2D eigenvalue weighted by Crippen LogP contribution is 2.25. The van der Waals surface area contributed by atoms with Gasteiger partial charge in [0.1, 0.15) is 11.5 Å². The molecule has 6 heteroatoms. The largest absolute Gasteiger partial charge is 0.493 e. The minimum atomic E-state index is -0.419. The highest BCUT2D eigenvalue weighted by molar-refractivity contribution is 5.83. The Bertz CT molecular complexity index is 789. The first-order valence-electron chi connectivity index (χ1n) is 8.12. The van der Waals surface area contributed by atoms with Crippen molar-refractivity contribution in [3.63, 3.8) is 0 Å². The molecule has 0 spiro atoms. The normalized spacial score (nSPS) is 12.0. The van der Waals surface area contributed by atoms with Gasteiger partial charge in [-0.05, 0) is 41.8 Å². The molecule has 2 aromatic carbocycles. The monoisotopic (exact) mass is 340 g/mol. The Morgan fingerprint density at radius 1 is 1.12 bits per heavy atom. The van der Waals surface area contributed by atoms with Crippen LogP contribution in [-0.2, 0) is 22.4 Å². The van der Waals surface area contributed by atoms with Crippen LogP contribution in [0.15, 0.2) is 42.5 Å². The third-order valence-corrected chi connectivity index (χ3v) is 3.82. The zero-order valence-electron chi connectivity index (χ0n) is 14.0. The van der Waals surface area contributed by atoms with Crippen molar-refractivity contribution in [2.45, 2.75) is 19.8 Å². The molecule has 25 heavy (non-hydrogen) atoms. The molecule has 0 unspecified atom stereocenters. The van der Waals surface area contributed by atoms with Gasteiger partial charge in [0.15, 0.2) is 6.61 Å². The summed E-state index contributed by atoms with van der Waals surface area (Å²) in [6, 6.07) is 13.1. The highest BCUT2D eigenvalue weighted by atomic mass is 16.5. The van der Waals surface area contributed by atoms with E-state index in [-0.39, 0.29) is 18.9 Å². The van der Waals surface area contributed by atoms with Gasteiger partial charge in [0.05, 0.1) is 13.0 Å². The SMILES string of the molecule is Cc1cccc(OCC(=O)NNC(=O)Cc2ccc3c(c2)CCO3)c1. The first-order valence-corrected chi connectivity index (χ1v) is 8.12. The zero-order chi connectivity index (χ0) is 17.6. The summed E-state index contributed by atoms with van der Waals surface area (Å²) in [7, 11) is 0. The molecule has 3 rings (SSSR count). The van der Waals surface area contributed by atoms with Crippen molar-refractivity contribution in [3.8, 4) is 11.5 Å². The minimum Gasteiger partial charge on any atom is -0.493 e. The van der Waals surface area contributed by atoms with Crippen LogP contribution < -0.4 is 20.3 Å². The molecule has 6 nitrogen and oxygen atoms in total. The third kappa shape index (κ3) is 4.73. The van der Waals surface area contributed by atoms with Gasteiger partial charge in [-0.1, -0.05) is 24.3 Å². The van der Waals surface area contributed by atoms with Crippen molar-refractivity contribution in [2.24, 2.45) is 0 Å². The predicted octanol–water partition coefficient (Wildman–Crippen LogP) is 1.70. The van der Waals surface area contributed by atoms with Crippen LogP contribution in [-0.4, -0.2) is 25.0 Å². The number of rotatable bonds is 5. The number of hydrogen-bond donors (Lipinski definition) is 2. The van der Waals surface area contributed by atoms with E-state index in [0.717, 1.165) is 28.9 Å². The Morgan fingerprint density at radius 2 is 1.96 bits per heavy atom. The van der Waals surface area contributed by atoms with E-state index in [4.69, 9.17) is 9.47 Å². The molecule has 2 aromatic rings. The lowest BCUT2D eigenvalue weighted by Gasteiger charge is -2.09. The number of hydrogen-bond acceptors (Lipinski definition) is 4. The Balaban J connectivity index is 1.42. The second kappa shape index (κ2) is 7.70. The molecule has 0 aliphatic carbocycles. The van der Waals surface area contributed by atoms with Crippen LogP contribution in [0.25, 0.3) is 0 Å². The quantitative estimate of drug-likeness (QED) is 0.812. The summed E-state index contributed by atoms with van der Waals surface area (Å²) < 4.78 is 10.8. The van der Waals surface area contributed by atoms with Gasteiger partial charge in [0.2, 0.25) is 5.91 Å². The maximum atomic E-state index is 11.9. The Kier molecular flexibility index (Phi) is 5.18. The van der Waals surface area contributed by atoms with Gasteiger partial charge in [0, 0.05) is 6.42 Å². The van der Waals surface area contributed by atoms with Gasteiger partial charge < -0.3 is 9.47 Å². The summed E-state index contributed by atoms with van der Waals surface area (Å²) in [5.41, 5.74) is 7.79. The van der Waals surface area contributed by atoms with E-state index < -0.39 is 5.91 Å². The lowest BCUT2D eigenvalue weighted by molar-refractivity contribution is -0.129. The van der Waals surface area contributed by atoms with E-state index in [0.29, 0.717) is 12.4 Å². The predicted molar refractivity (Wildman–Crippen MR) is 92.3 cm³/mol. The minimum absolute atomic E-state index is 0.167. The standard InChI is InChI=1S/C19H20N2O4/c1-13-3-2-4-16(9-13)25-12-19(23)21-20-18(22)11-14-5-6-17-15(10-14)7-8-24-17/h2-6,9-10H,7-8,11-12H2,1H3,(H,20,22)(H,21,23). The lowest BCUT2D eigenvalue weighted by atomic mass is 10.1. The van der Waals surface area contributed by atoms with Crippen molar-refractivity contribution >= 4 is 11.8 Å². The molecule has 0 saturated carbocycles. The first kappa shape index (κ1) is 16.8. The van der Waals surface area contributed by atoms with E-state index >= 15 is 0 Å². The van der Waals surface area contributed by atoms with Crippen molar-refractivity contribution in [1.29, 1.82) is 0 Å². The van der Waals surface area contributed by atoms with Crippen LogP contribution in [0, 0.1) is 6.92 Å². The van der Waals surface area contributed by atoms with Crippen LogP contribution >= 0.6 is 0 Å². The summed E-state index contributed by atoms with van der Waals surface area (Å²) in [6.45, 7) is 2.46. The van der Waals surface area contributed by atoms with Gasteiger partial charge in [-0.2, -0.15) is 0 Å². The Hall–Kier alpha value is -3.02. The summed E-state index contributed by atoms with van der Waals surface area (Å²) in [5.74, 6) is 0.785. The van der Waals surface area contributed by atoms with Crippen molar-refractivity contribution in [2.75, 3.05) is 13.2 Å². The fraction of sp³-hybridized carbons (Fsp3) is 0.263. The Labute approximate surface area is 146 Å². The van der Waals surface area contributed by atoms with Gasteiger partial charge in [-0.15, -0.1) is 0 Å². The number of carbonyl (C=O) groups excluding carboxylic acids is 2. The fourth-order valence-corrected chi connectivity index (χ4v) is 2.61. The van der Waals surface area contributed by atoms with Crippen molar-refractivity contribution < 1.29 is 19.1 Å². The smallest absolute Gasteiger partial charge is 0.276 e. The molecule has 1 aliphatic heterocycles. The van der Waals surface area contributed by atoms with Gasteiger partial charge in [-0.3, -0.25) is 20.4 Å². The van der Waals surface area contributed by atoms with E-state index in [2.05, 4.69) is 10.9 Å². The topological polar surface area (TPSA) is 76.7 Å². The number of hydrazine groups is 1. The molecule has 0 fully saturated rings. The molecular weight excluding hydrogens is 320 g/mol. The number of nitrogens with one attached hydrogen (secondary N) is 2. The van der Waals surface area contributed by atoms with E-state index in [9.17, 15) is 9.59 Å². The third-order valence-electron chi connectivity index (χ3n) is 3.82. The number of fused-ring (bicyclic) bond motifs is 1. The second-order valence-electron chi connectivity index (χ2n) is 5.92. The molecule has 0 radical (unpaired) electrons. The number of ether oxygens (including phenoxy) is 2. The van der Waals surface area contributed by atoms with Gasteiger partial charge in [-0.25, -0.2) is 0 Å². The van der Waals surface area contributed by atoms with E-state index in [1.54, 1.807) is 6.07 Å². The van der Waals surface area contributed by atoms with Crippen molar-refractivity contribution in [3.05, 3.63) is 59.2 Å². The fourth-order valence-electron chi connectivity index (χ4n) is 2.61.